The first-order valence-electron chi connectivity index (χ1n) is 29.3. The quantitative estimate of drug-likeness (QED) is 0.0191. The van der Waals surface area contributed by atoms with Crippen LogP contribution < -0.4 is 16.4 Å². The summed E-state index contributed by atoms with van der Waals surface area (Å²) in [7, 11) is 0. The molecule has 0 bridgehead atoms. The van der Waals surface area contributed by atoms with Crippen molar-refractivity contribution in [3.63, 3.8) is 0 Å². The van der Waals surface area contributed by atoms with Crippen molar-refractivity contribution in [2.45, 2.75) is 183 Å². The molecular formula is C72H99Cl4N3O13S3. The molecular weight excluding hydrogens is 1350 g/mol. The highest BCUT2D eigenvalue weighted by atomic mass is 35.5. The Labute approximate surface area is 598 Å². The number of carbonyl (C=O) groups excluding carboxylic acids is 11. The number of alkyl carbamates (subject to hydrolysis) is 2. The van der Waals surface area contributed by atoms with Crippen molar-refractivity contribution >= 4 is 144 Å². The molecule has 0 saturated heterocycles. The molecule has 0 radical (unpaired) electrons. The van der Waals surface area contributed by atoms with Gasteiger partial charge in [0.15, 0.2) is 38.5 Å². The first kappa shape index (κ1) is 95.2. The van der Waals surface area contributed by atoms with Crippen molar-refractivity contribution in [1.29, 1.82) is 0 Å². The zero-order valence-electron chi connectivity index (χ0n) is 54.0. The van der Waals surface area contributed by atoms with Crippen molar-refractivity contribution in [2.75, 3.05) is 19.6 Å². The van der Waals surface area contributed by atoms with E-state index in [9.17, 15) is 52.7 Å². The second-order valence-electron chi connectivity index (χ2n) is 22.2. The number of halogens is 4. The van der Waals surface area contributed by atoms with Crippen molar-refractivity contribution in [3.8, 4) is 0 Å². The van der Waals surface area contributed by atoms with Crippen molar-refractivity contribution in [1.82, 2.24) is 10.6 Å². The van der Waals surface area contributed by atoms with Crippen LogP contribution in [0.4, 0.5) is 9.59 Å². The molecule has 0 heterocycles. The number of ether oxygens (including phenoxy) is 2. The first-order chi connectivity index (χ1) is 42.8. The van der Waals surface area contributed by atoms with Crippen LogP contribution in [0.3, 0.4) is 0 Å². The molecule has 0 aliphatic carbocycles. The molecule has 0 atom stereocenters. The Morgan fingerprint density at radius 3 is 0.884 bits per heavy atom. The molecule has 0 fully saturated rings. The Hall–Kier alpha value is -6.16. The lowest BCUT2D eigenvalue weighted by atomic mass is 10.0. The molecule has 0 spiro atoms. The molecule has 5 aromatic rings. The van der Waals surface area contributed by atoms with Gasteiger partial charge in [-0.2, -0.15) is 0 Å². The fourth-order valence-corrected chi connectivity index (χ4v) is 9.23. The maximum absolute atomic E-state index is 12.1. The first-order valence-corrected chi connectivity index (χ1v) is 33.7. The number of hydrogen-bond acceptors (Lipinski definition) is 17. The van der Waals surface area contributed by atoms with E-state index in [1.807, 2.05) is 60.7 Å². The van der Waals surface area contributed by atoms with E-state index in [2.05, 4.69) is 10.6 Å². The number of benzene rings is 5. The number of rotatable bonds is 27. The van der Waals surface area contributed by atoms with Gasteiger partial charge < -0.3 is 30.6 Å². The zero-order valence-corrected chi connectivity index (χ0v) is 59.5. The van der Waals surface area contributed by atoms with E-state index < -0.39 is 28.6 Å². The molecule has 0 aliphatic rings. The normalized spacial score (nSPS) is 10.1. The summed E-state index contributed by atoms with van der Waals surface area (Å²) in [5, 5.41) is 5.09. The van der Waals surface area contributed by atoms with Gasteiger partial charge in [-0.15, -0.1) is 35.6 Å². The van der Waals surface area contributed by atoms with Gasteiger partial charge in [0.25, 0.3) is 5.24 Å². The van der Waals surface area contributed by atoms with E-state index in [1.54, 1.807) is 109 Å². The average Bonchev–Trinajstić information content (AvgIpc) is 1.27. The molecule has 5 rings (SSSR count). The fraction of sp³-hybridized carbons (Fsp3) is 0.431. The number of ketones is 5. The second kappa shape index (κ2) is 53.0. The van der Waals surface area contributed by atoms with Crippen molar-refractivity contribution < 1.29 is 62.2 Å². The van der Waals surface area contributed by atoms with E-state index in [1.165, 1.54) is 56.1 Å². The third kappa shape index (κ3) is 48.2. The molecule has 23 heteroatoms. The van der Waals surface area contributed by atoms with Crippen LogP contribution in [0.15, 0.2) is 121 Å². The van der Waals surface area contributed by atoms with Gasteiger partial charge in [-0.25, -0.2) is 9.59 Å². The minimum absolute atomic E-state index is 0. The Morgan fingerprint density at radius 2 is 0.653 bits per heavy atom. The van der Waals surface area contributed by atoms with Crippen LogP contribution >= 0.6 is 82.5 Å². The summed E-state index contributed by atoms with van der Waals surface area (Å²) in [6.45, 7) is 18.3. The maximum Gasteiger partial charge on any atom is 0.407 e. The van der Waals surface area contributed by atoms with Gasteiger partial charge in [-0.1, -0.05) is 167 Å². The summed E-state index contributed by atoms with van der Waals surface area (Å²) < 4.78 is 10.2. The van der Waals surface area contributed by atoms with Crippen LogP contribution in [0.1, 0.15) is 222 Å². The van der Waals surface area contributed by atoms with Gasteiger partial charge in [0.05, 0.1) is 0 Å². The van der Waals surface area contributed by atoms with E-state index in [0.717, 1.165) is 39.8 Å². The average molecular weight is 1450 g/mol. The number of nitrogens with two attached hydrogens (primary N) is 1. The maximum atomic E-state index is 12.1. The van der Waals surface area contributed by atoms with Gasteiger partial charge in [0.1, 0.15) is 17.0 Å². The van der Waals surface area contributed by atoms with Crippen LogP contribution in [0.2, 0.25) is 0 Å². The number of alkyl halides is 2. The van der Waals surface area contributed by atoms with Gasteiger partial charge in [-0.05, 0) is 126 Å². The lowest BCUT2D eigenvalue weighted by Gasteiger charge is -2.19. The van der Waals surface area contributed by atoms with E-state index >= 15 is 0 Å². The molecule has 95 heavy (non-hydrogen) atoms. The summed E-state index contributed by atoms with van der Waals surface area (Å²) in [4.78, 5) is 124. The Kier molecular flexibility index (Phi) is 53.1. The predicted molar refractivity (Wildman–Crippen MR) is 397 cm³/mol. The SMILES string of the molecule is C.C.C.CC(=O)CCC(=O)c1ccc(CSC(C)=O)cc1.CC(=O)SCc1ccc(C(=O)CCCN)cc1.CC(=O)SCc1ccc(C(=O)CCCNC(=O)OC(C)(C)C)cc1.CC(C)(C)OC(=O)NCCCC(=O)c1ccc(CCl)cc1.Cl.O=C(Cl)c1ccc(CCl)cc1. The zero-order chi connectivity index (χ0) is 68.5. The third-order valence-electron chi connectivity index (χ3n) is 11.7. The molecule has 5 aromatic carbocycles. The summed E-state index contributed by atoms with van der Waals surface area (Å²) in [6, 6.07) is 36.0. The van der Waals surface area contributed by atoms with Crippen LogP contribution in [0, 0.1) is 0 Å². The molecule has 0 aliphatic heterocycles. The number of hydrogen-bond donors (Lipinski definition) is 3. The molecule has 0 aromatic heterocycles. The third-order valence-corrected chi connectivity index (χ3v) is 15.2. The minimum Gasteiger partial charge on any atom is -0.444 e. The van der Waals surface area contributed by atoms with Crippen LogP contribution in [0.5, 0.6) is 0 Å². The van der Waals surface area contributed by atoms with E-state index in [0.29, 0.717) is 109 Å². The Bertz CT molecular complexity index is 3120. The van der Waals surface area contributed by atoms with Crippen molar-refractivity contribution in [3.05, 3.63) is 177 Å². The fourth-order valence-electron chi connectivity index (χ4n) is 7.06. The summed E-state index contributed by atoms with van der Waals surface area (Å²) in [6.07, 6.45) is 2.72. The molecule has 2 amide bonds. The summed E-state index contributed by atoms with van der Waals surface area (Å²) >= 11 is 20.2. The Balaban J connectivity index is -0.000000548. The van der Waals surface area contributed by atoms with Crippen LogP contribution in [0.25, 0.3) is 0 Å². The summed E-state index contributed by atoms with van der Waals surface area (Å²) in [5.41, 5.74) is 12.5. The van der Waals surface area contributed by atoms with Gasteiger partial charge in [-0.3, -0.25) is 38.4 Å². The lowest BCUT2D eigenvalue weighted by Crippen LogP contribution is -2.33. The highest BCUT2D eigenvalue weighted by Crippen LogP contribution is 2.19. The lowest BCUT2D eigenvalue weighted by molar-refractivity contribution is -0.117. The highest BCUT2D eigenvalue weighted by Gasteiger charge is 2.18. The van der Waals surface area contributed by atoms with Gasteiger partial charge >= 0.3 is 12.2 Å². The monoisotopic (exact) mass is 1450 g/mol. The summed E-state index contributed by atoms with van der Waals surface area (Å²) in [5.74, 6) is 3.02. The number of nitrogens with one attached hydrogen (secondary N) is 2. The van der Waals surface area contributed by atoms with Crippen molar-refractivity contribution in [2.24, 2.45) is 5.73 Å². The van der Waals surface area contributed by atoms with Gasteiger partial charge in [0, 0.05) is 123 Å². The Morgan fingerprint density at radius 1 is 0.400 bits per heavy atom. The molecule has 0 unspecified atom stereocenters. The number of amides is 2. The minimum atomic E-state index is -0.525. The molecule has 16 nitrogen and oxygen atoms in total. The van der Waals surface area contributed by atoms with Crippen LogP contribution in [-0.2, 0) is 57.7 Å². The van der Waals surface area contributed by atoms with E-state index in [4.69, 9.17) is 50.0 Å². The topological polar surface area (TPSA) is 256 Å². The standard InChI is InChI=1S/C18H25NO4S.C16H22ClNO3.C14H16O3S.C13H17NO2S.C8H6Cl2O.3CH4.ClH/c1-13(20)24-12-14-7-9-15(10-8-14)16(21)6-5-11-19-17(22)23-18(2,3)4;1-16(2,3)21-15(20)18-10-4-5-14(19)13-8-6-12(11-17)7-9-13;1-10(15)3-8-14(17)13-6-4-12(5-7-13)9-18-11(2)16;1-10(15)17-9-11-4-6-12(7-5-11)13(16)3-2-8-14;9-5-6-1-3-7(4-2-6)8(10)11;;;;/h7-10H,5-6,11-12H2,1-4H3,(H,19,22);6-9H,4-5,10-11H2,1-3H3,(H,18,20);4-7H,3,8-9H2,1-2H3;4-7H,2-3,8-9,14H2,1H3;1-4H,5H2;3*1H4;1H. The number of carbonyl (C=O) groups is 11. The largest absolute Gasteiger partial charge is 0.444 e. The van der Waals surface area contributed by atoms with E-state index in [-0.39, 0.29) is 85.4 Å². The van der Waals surface area contributed by atoms with Crippen LogP contribution in [-0.4, -0.2) is 92.5 Å². The number of Topliss-reactive ketones (excluding diaryl/α,β-unsaturated/α-hetero) is 5. The molecule has 526 valence electrons. The molecule has 0 saturated carbocycles. The second-order valence-corrected chi connectivity index (χ2v) is 26.6. The highest BCUT2D eigenvalue weighted by molar-refractivity contribution is 8.13. The predicted octanol–water partition coefficient (Wildman–Crippen LogP) is 18.4. The smallest absolute Gasteiger partial charge is 0.407 e. The number of thioether (sulfide) groups is 3. The van der Waals surface area contributed by atoms with Gasteiger partial charge in [0.2, 0.25) is 0 Å². The molecule has 4 N–H and O–H groups in total.